The molecule has 2 aromatic carbocycles. The summed E-state index contributed by atoms with van der Waals surface area (Å²) < 4.78 is 5.16. The Hall–Kier alpha value is -2.77. The zero-order valence-corrected chi connectivity index (χ0v) is 15.8. The number of carbonyl (C=O) groups is 2. The van der Waals surface area contributed by atoms with Gasteiger partial charge in [-0.15, -0.1) is 0 Å². The lowest BCUT2D eigenvalue weighted by atomic mass is 10.2. The number of amides is 1. The van der Waals surface area contributed by atoms with Crippen LogP contribution in [0.2, 0.25) is 5.02 Å². The molecule has 0 unspecified atom stereocenters. The van der Waals surface area contributed by atoms with Crippen LogP contribution < -0.4 is 4.74 Å². The second kappa shape index (κ2) is 8.28. The van der Waals surface area contributed by atoms with Gasteiger partial charge in [-0.3, -0.25) is 9.69 Å². The first-order chi connectivity index (χ1) is 12.9. The van der Waals surface area contributed by atoms with Gasteiger partial charge in [0.25, 0.3) is 5.91 Å². The van der Waals surface area contributed by atoms with Crippen molar-refractivity contribution in [2.24, 2.45) is 4.99 Å². The average Bonchev–Trinajstić information content (AvgIpc) is 2.90. The summed E-state index contributed by atoms with van der Waals surface area (Å²) in [6.07, 6.45) is 1.71. The van der Waals surface area contributed by atoms with Gasteiger partial charge in [-0.05, 0) is 47.7 Å². The van der Waals surface area contributed by atoms with E-state index in [-0.39, 0.29) is 5.91 Å². The number of carboxylic acid groups (broad SMARTS) is 1. The van der Waals surface area contributed by atoms with Crippen molar-refractivity contribution < 1.29 is 19.4 Å². The molecule has 2 aromatic rings. The number of nitrogens with zero attached hydrogens (tertiary/aromatic N) is 2. The van der Waals surface area contributed by atoms with E-state index in [4.69, 9.17) is 21.4 Å². The summed E-state index contributed by atoms with van der Waals surface area (Å²) in [5.74, 6) is -0.814. The van der Waals surface area contributed by atoms with Crippen LogP contribution in [0.1, 0.15) is 5.56 Å². The van der Waals surface area contributed by atoms with E-state index < -0.39 is 12.6 Å². The van der Waals surface area contributed by atoms with Gasteiger partial charge in [0.1, 0.15) is 5.75 Å². The number of ether oxygens (including phenoxy) is 1. The van der Waals surface area contributed by atoms with Gasteiger partial charge in [0.2, 0.25) is 0 Å². The van der Waals surface area contributed by atoms with Gasteiger partial charge in [0.15, 0.2) is 11.8 Å². The second-order valence-corrected chi connectivity index (χ2v) is 6.99. The van der Waals surface area contributed by atoms with Crippen molar-refractivity contribution in [3.05, 3.63) is 64.0 Å². The molecular weight excluding hydrogens is 388 g/mol. The zero-order valence-electron chi connectivity index (χ0n) is 14.3. The topological polar surface area (TPSA) is 79.2 Å². The number of benzene rings is 2. The van der Waals surface area contributed by atoms with E-state index in [9.17, 15) is 9.59 Å². The van der Waals surface area contributed by atoms with Gasteiger partial charge < -0.3 is 9.84 Å². The molecule has 1 amide bonds. The van der Waals surface area contributed by atoms with E-state index in [0.717, 1.165) is 5.56 Å². The highest BCUT2D eigenvalue weighted by molar-refractivity contribution is 8.18. The van der Waals surface area contributed by atoms with Crippen molar-refractivity contribution in [2.45, 2.75) is 0 Å². The van der Waals surface area contributed by atoms with Crippen molar-refractivity contribution in [2.75, 3.05) is 13.7 Å². The molecule has 8 heteroatoms. The number of hydrogen-bond donors (Lipinski definition) is 1. The largest absolute Gasteiger partial charge is 0.482 e. The van der Waals surface area contributed by atoms with Crippen molar-refractivity contribution in [3.63, 3.8) is 0 Å². The van der Waals surface area contributed by atoms with E-state index in [0.29, 0.717) is 26.5 Å². The second-order valence-electron chi connectivity index (χ2n) is 5.58. The minimum absolute atomic E-state index is 0.178. The van der Waals surface area contributed by atoms with Crippen molar-refractivity contribution in [1.29, 1.82) is 0 Å². The Bertz CT molecular complexity index is 958. The quantitative estimate of drug-likeness (QED) is 0.763. The molecule has 6 nitrogen and oxygen atoms in total. The molecule has 1 N–H and O–H groups in total. The normalized spacial score (nSPS) is 17.0. The summed E-state index contributed by atoms with van der Waals surface area (Å²) in [6, 6.07) is 14.0. The maximum atomic E-state index is 12.5. The highest BCUT2D eigenvalue weighted by Crippen LogP contribution is 2.35. The molecule has 1 aliphatic heterocycles. The third kappa shape index (κ3) is 4.69. The van der Waals surface area contributed by atoms with Crippen LogP contribution in [0.15, 0.2) is 58.4 Å². The number of carboxylic acids is 1. The highest BCUT2D eigenvalue weighted by atomic mass is 35.5. The van der Waals surface area contributed by atoms with E-state index in [1.54, 1.807) is 49.5 Å². The molecule has 0 bridgehead atoms. The molecule has 1 saturated heterocycles. The fourth-order valence-corrected chi connectivity index (χ4v) is 3.45. The van der Waals surface area contributed by atoms with Gasteiger partial charge in [-0.25, -0.2) is 9.79 Å². The van der Waals surface area contributed by atoms with Crippen LogP contribution in [0, 0.1) is 0 Å². The number of carbonyl (C=O) groups excluding carboxylic acids is 1. The summed E-state index contributed by atoms with van der Waals surface area (Å²) in [6.45, 7) is -0.426. The number of aliphatic carboxylic acids is 1. The summed E-state index contributed by atoms with van der Waals surface area (Å²) in [4.78, 5) is 29.6. The number of hydrogen-bond acceptors (Lipinski definition) is 5. The predicted molar refractivity (Wildman–Crippen MR) is 106 cm³/mol. The molecule has 0 spiro atoms. The molecular formula is C19H15ClN2O4S. The van der Waals surface area contributed by atoms with Crippen LogP contribution in [0.3, 0.4) is 0 Å². The Kier molecular flexibility index (Phi) is 5.83. The van der Waals surface area contributed by atoms with Gasteiger partial charge in [0.05, 0.1) is 15.6 Å². The van der Waals surface area contributed by atoms with Crippen molar-refractivity contribution in [3.8, 4) is 5.75 Å². The summed E-state index contributed by atoms with van der Waals surface area (Å²) in [5, 5.41) is 9.73. The smallest absolute Gasteiger partial charge is 0.341 e. The first-order valence-corrected chi connectivity index (χ1v) is 9.09. The Balaban J connectivity index is 1.83. The molecule has 138 valence electrons. The Labute approximate surface area is 165 Å². The van der Waals surface area contributed by atoms with Gasteiger partial charge in [-0.2, -0.15) is 0 Å². The van der Waals surface area contributed by atoms with E-state index in [2.05, 4.69) is 4.99 Å². The molecule has 0 saturated carbocycles. The maximum Gasteiger partial charge on any atom is 0.341 e. The highest BCUT2D eigenvalue weighted by Gasteiger charge is 2.30. The van der Waals surface area contributed by atoms with Crippen LogP contribution in [0.25, 0.3) is 6.08 Å². The number of likely N-dealkylation sites (N-methyl/N-ethyl adjacent to an activating group) is 1. The van der Waals surface area contributed by atoms with E-state index in [1.165, 1.54) is 16.7 Å². The fourth-order valence-electron chi connectivity index (χ4n) is 2.29. The number of amidine groups is 1. The maximum absolute atomic E-state index is 12.5. The van der Waals surface area contributed by atoms with Gasteiger partial charge in [-0.1, -0.05) is 35.9 Å². The molecule has 1 fully saturated rings. The molecule has 0 radical (unpaired) electrons. The lowest BCUT2D eigenvalue weighted by Crippen LogP contribution is -2.23. The monoisotopic (exact) mass is 402 g/mol. The molecule has 0 atom stereocenters. The van der Waals surface area contributed by atoms with Crippen LogP contribution >= 0.6 is 23.4 Å². The number of aliphatic imine (C=N–C) groups is 1. The van der Waals surface area contributed by atoms with Crippen molar-refractivity contribution in [1.82, 2.24) is 4.90 Å². The number of para-hydroxylation sites is 1. The first kappa shape index (κ1) is 19.0. The number of thioether (sulfide) groups is 1. The molecule has 0 aliphatic carbocycles. The fraction of sp³-hybridized carbons (Fsp3) is 0.105. The number of halogens is 1. The minimum Gasteiger partial charge on any atom is -0.482 e. The minimum atomic E-state index is -1.05. The van der Waals surface area contributed by atoms with E-state index in [1.807, 2.05) is 12.1 Å². The summed E-state index contributed by atoms with van der Waals surface area (Å²) in [5.41, 5.74) is 1.31. The SMILES string of the molecule is CN1C(=O)/C(=C\c2cccc(OCC(=O)O)c2)SC1=Nc1ccccc1Cl. The Morgan fingerprint density at radius 1 is 1.30 bits per heavy atom. The average molecular weight is 403 g/mol. The lowest BCUT2D eigenvalue weighted by molar-refractivity contribution is -0.139. The standard InChI is InChI=1S/C19H15ClN2O4S/c1-22-18(25)16(27-19(22)21-15-8-3-2-7-14(15)20)10-12-5-4-6-13(9-12)26-11-17(23)24/h2-10H,11H2,1H3,(H,23,24)/b16-10+,21-19?. The number of rotatable bonds is 5. The molecule has 3 rings (SSSR count). The van der Waals surface area contributed by atoms with Crippen LogP contribution in [-0.4, -0.2) is 40.7 Å². The third-order valence-electron chi connectivity index (χ3n) is 3.59. The molecule has 1 heterocycles. The lowest BCUT2D eigenvalue weighted by Gasteiger charge is -2.07. The first-order valence-electron chi connectivity index (χ1n) is 7.89. The third-order valence-corrected chi connectivity index (χ3v) is 4.97. The van der Waals surface area contributed by atoms with Crippen molar-refractivity contribution >= 4 is 52.2 Å². The van der Waals surface area contributed by atoms with Crippen LogP contribution in [0.5, 0.6) is 5.75 Å². The molecule has 27 heavy (non-hydrogen) atoms. The molecule has 0 aromatic heterocycles. The van der Waals surface area contributed by atoms with Crippen LogP contribution in [-0.2, 0) is 9.59 Å². The predicted octanol–water partition coefficient (Wildman–Crippen LogP) is 4.04. The van der Waals surface area contributed by atoms with Gasteiger partial charge in [0, 0.05) is 7.05 Å². The molecule has 1 aliphatic rings. The van der Waals surface area contributed by atoms with Gasteiger partial charge >= 0.3 is 5.97 Å². The summed E-state index contributed by atoms with van der Waals surface area (Å²) in [7, 11) is 1.65. The summed E-state index contributed by atoms with van der Waals surface area (Å²) >= 11 is 7.38. The zero-order chi connectivity index (χ0) is 19.4. The van der Waals surface area contributed by atoms with E-state index >= 15 is 0 Å². The Morgan fingerprint density at radius 3 is 2.81 bits per heavy atom. The van der Waals surface area contributed by atoms with Crippen LogP contribution in [0.4, 0.5) is 5.69 Å². The Morgan fingerprint density at radius 2 is 2.07 bits per heavy atom.